The lowest BCUT2D eigenvalue weighted by molar-refractivity contribution is 0.422. The van der Waals surface area contributed by atoms with Crippen molar-refractivity contribution in [1.82, 2.24) is 15.5 Å². The second-order valence-electron chi connectivity index (χ2n) is 6.28. The van der Waals surface area contributed by atoms with Crippen LogP contribution in [0.25, 0.3) is 10.6 Å². The van der Waals surface area contributed by atoms with Crippen molar-refractivity contribution in [3.63, 3.8) is 0 Å². The van der Waals surface area contributed by atoms with Crippen LogP contribution in [0.3, 0.4) is 0 Å². The van der Waals surface area contributed by atoms with E-state index in [1.165, 1.54) is 0 Å². The van der Waals surface area contributed by atoms with E-state index in [0.717, 1.165) is 40.5 Å². The van der Waals surface area contributed by atoms with Gasteiger partial charge in [-0.2, -0.15) is 0 Å². The number of nitrogens with one attached hydrogen (secondary N) is 1. The van der Waals surface area contributed by atoms with Crippen LogP contribution < -0.4 is 5.32 Å². The molecule has 0 bridgehead atoms. The molecule has 2 aromatic rings. The molecule has 0 aliphatic rings. The number of aryl methyl sites for hydroxylation is 2. The van der Waals surface area contributed by atoms with Gasteiger partial charge in [0.15, 0.2) is 0 Å². The Kier molecular flexibility index (Phi) is 4.96. The van der Waals surface area contributed by atoms with Gasteiger partial charge in [-0.25, -0.2) is 0 Å². The van der Waals surface area contributed by atoms with E-state index in [4.69, 9.17) is 0 Å². The van der Waals surface area contributed by atoms with Crippen LogP contribution in [0.1, 0.15) is 37.8 Å². The number of phenolic OH excluding ortho intramolecular Hbond substituents is 1. The molecule has 0 spiro atoms. The predicted molar refractivity (Wildman–Crippen MR) is 87.8 cm³/mol. The fraction of sp³-hybridized carbons (Fsp3) is 0.500. The molecular formula is C16H23N3OS. The van der Waals surface area contributed by atoms with E-state index in [2.05, 4.69) is 36.3 Å². The third-order valence-electron chi connectivity index (χ3n) is 3.15. The molecule has 1 aromatic heterocycles. The maximum Gasteiger partial charge on any atom is 0.147 e. The van der Waals surface area contributed by atoms with Crippen LogP contribution in [0.15, 0.2) is 18.2 Å². The number of nitrogens with zero attached hydrogens (tertiary/aromatic N) is 2. The summed E-state index contributed by atoms with van der Waals surface area (Å²) in [7, 11) is 0. The molecule has 4 nitrogen and oxygen atoms in total. The van der Waals surface area contributed by atoms with Crippen LogP contribution >= 0.6 is 11.3 Å². The highest BCUT2D eigenvalue weighted by molar-refractivity contribution is 7.14. The molecule has 0 aliphatic carbocycles. The molecule has 5 heteroatoms. The summed E-state index contributed by atoms with van der Waals surface area (Å²) in [4.78, 5) is 0. The van der Waals surface area contributed by atoms with Gasteiger partial charge in [-0.1, -0.05) is 23.5 Å². The second kappa shape index (κ2) is 6.54. The fourth-order valence-electron chi connectivity index (χ4n) is 1.92. The normalized spacial score (nSPS) is 11.8. The molecule has 0 aliphatic heterocycles. The van der Waals surface area contributed by atoms with Gasteiger partial charge in [0, 0.05) is 17.5 Å². The average Bonchev–Trinajstić information content (AvgIpc) is 2.86. The molecule has 1 aromatic carbocycles. The summed E-state index contributed by atoms with van der Waals surface area (Å²) in [6.45, 7) is 9.36. The van der Waals surface area contributed by atoms with Crippen LogP contribution in [0.2, 0.25) is 0 Å². The SMILES string of the molecule is Cc1ccc(-c2nnc(CCCNC(C)(C)C)s2)cc1O. The highest BCUT2D eigenvalue weighted by atomic mass is 32.1. The third kappa shape index (κ3) is 4.79. The first-order chi connectivity index (χ1) is 9.85. The first-order valence-corrected chi connectivity index (χ1v) is 8.04. The molecule has 0 atom stereocenters. The van der Waals surface area contributed by atoms with Crippen LogP contribution in [0.4, 0.5) is 0 Å². The van der Waals surface area contributed by atoms with Crippen molar-refractivity contribution < 1.29 is 5.11 Å². The van der Waals surface area contributed by atoms with Gasteiger partial charge >= 0.3 is 0 Å². The number of hydrogen-bond donors (Lipinski definition) is 2. The van der Waals surface area contributed by atoms with Crippen molar-refractivity contribution in [3.8, 4) is 16.3 Å². The minimum absolute atomic E-state index is 0.158. The zero-order chi connectivity index (χ0) is 15.5. The van der Waals surface area contributed by atoms with E-state index in [0.29, 0.717) is 5.75 Å². The lowest BCUT2D eigenvalue weighted by Gasteiger charge is -2.20. The highest BCUT2D eigenvalue weighted by Crippen LogP contribution is 2.28. The third-order valence-corrected chi connectivity index (χ3v) is 4.18. The second-order valence-corrected chi connectivity index (χ2v) is 7.34. The summed E-state index contributed by atoms with van der Waals surface area (Å²) in [5.74, 6) is 0.304. The standard InChI is InChI=1S/C16H23N3OS/c1-11-7-8-12(10-13(11)20)15-19-18-14(21-15)6-5-9-17-16(2,3)4/h7-8,10,17,20H,5-6,9H2,1-4H3. The van der Waals surface area contributed by atoms with Gasteiger partial charge in [-0.05, 0) is 52.3 Å². The van der Waals surface area contributed by atoms with Crippen molar-refractivity contribution in [1.29, 1.82) is 0 Å². The molecule has 1 heterocycles. The number of aromatic hydroxyl groups is 1. The quantitative estimate of drug-likeness (QED) is 0.830. The number of benzene rings is 1. The number of phenols is 1. The molecule has 2 rings (SSSR count). The van der Waals surface area contributed by atoms with Crippen LogP contribution in [-0.2, 0) is 6.42 Å². The molecule has 21 heavy (non-hydrogen) atoms. The van der Waals surface area contributed by atoms with Crippen LogP contribution in [0.5, 0.6) is 5.75 Å². The van der Waals surface area contributed by atoms with Crippen molar-refractivity contribution in [3.05, 3.63) is 28.8 Å². The lowest BCUT2D eigenvalue weighted by Crippen LogP contribution is -2.36. The predicted octanol–water partition coefficient (Wildman–Crippen LogP) is 3.54. The lowest BCUT2D eigenvalue weighted by atomic mass is 10.1. The molecule has 0 unspecified atom stereocenters. The zero-order valence-corrected chi connectivity index (χ0v) is 13.9. The summed E-state index contributed by atoms with van der Waals surface area (Å²) < 4.78 is 0. The Hall–Kier alpha value is -1.46. The summed E-state index contributed by atoms with van der Waals surface area (Å²) in [5, 5.41) is 23.6. The Morgan fingerprint density at radius 2 is 2.00 bits per heavy atom. The Balaban J connectivity index is 1.93. The Morgan fingerprint density at radius 1 is 1.24 bits per heavy atom. The van der Waals surface area contributed by atoms with Crippen molar-refractivity contribution >= 4 is 11.3 Å². The van der Waals surface area contributed by atoms with Gasteiger partial charge in [0.05, 0.1) is 0 Å². The van der Waals surface area contributed by atoms with E-state index >= 15 is 0 Å². The van der Waals surface area contributed by atoms with Gasteiger partial charge in [-0.3, -0.25) is 0 Å². The molecule has 2 N–H and O–H groups in total. The molecule has 0 fully saturated rings. The summed E-state index contributed by atoms with van der Waals surface area (Å²) in [5.41, 5.74) is 1.96. The molecule has 114 valence electrons. The minimum atomic E-state index is 0.158. The number of aromatic nitrogens is 2. The Morgan fingerprint density at radius 3 is 2.67 bits per heavy atom. The van der Waals surface area contributed by atoms with E-state index in [9.17, 15) is 5.11 Å². The topological polar surface area (TPSA) is 58.0 Å². The van der Waals surface area contributed by atoms with E-state index in [-0.39, 0.29) is 5.54 Å². The Labute approximate surface area is 130 Å². The number of hydrogen-bond acceptors (Lipinski definition) is 5. The number of rotatable bonds is 5. The minimum Gasteiger partial charge on any atom is -0.508 e. The monoisotopic (exact) mass is 305 g/mol. The first-order valence-electron chi connectivity index (χ1n) is 7.22. The van der Waals surface area contributed by atoms with E-state index < -0.39 is 0 Å². The van der Waals surface area contributed by atoms with Crippen molar-refractivity contribution in [2.75, 3.05) is 6.54 Å². The molecule has 0 saturated heterocycles. The molecule has 0 saturated carbocycles. The van der Waals surface area contributed by atoms with E-state index in [1.54, 1.807) is 17.4 Å². The highest BCUT2D eigenvalue weighted by Gasteiger charge is 2.10. The average molecular weight is 305 g/mol. The first kappa shape index (κ1) is 15.9. The van der Waals surface area contributed by atoms with Crippen LogP contribution in [0, 0.1) is 6.92 Å². The van der Waals surface area contributed by atoms with Gasteiger partial charge < -0.3 is 10.4 Å². The van der Waals surface area contributed by atoms with Crippen molar-refractivity contribution in [2.45, 2.75) is 46.1 Å². The summed E-state index contributed by atoms with van der Waals surface area (Å²) >= 11 is 1.60. The molecular weight excluding hydrogens is 282 g/mol. The molecule has 0 amide bonds. The van der Waals surface area contributed by atoms with Gasteiger partial charge in [0.25, 0.3) is 0 Å². The summed E-state index contributed by atoms with van der Waals surface area (Å²) in [6, 6.07) is 5.63. The van der Waals surface area contributed by atoms with Crippen molar-refractivity contribution in [2.24, 2.45) is 0 Å². The molecule has 0 radical (unpaired) electrons. The van der Waals surface area contributed by atoms with Crippen LogP contribution in [-0.4, -0.2) is 27.4 Å². The van der Waals surface area contributed by atoms with E-state index in [1.807, 2.05) is 19.1 Å². The summed E-state index contributed by atoms with van der Waals surface area (Å²) in [6.07, 6.45) is 1.98. The maximum atomic E-state index is 9.77. The fourth-order valence-corrected chi connectivity index (χ4v) is 2.79. The Bertz CT molecular complexity index is 602. The largest absolute Gasteiger partial charge is 0.508 e. The van der Waals surface area contributed by atoms with Gasteiger partial charge in [0.1, 0.15) is 15.8 Å². The van der Waals surface area contributed by atoms with Gasteiger partial charge in [-0.15, -0.1) is 10.2 Å². The van der Waals surface area contributed by atoms with Gasteiger partial charge in [0.2, 0.25) is 0 Å². The zero-order valence-electron chi connectivity index (χ0n) is 13.1. The maximum absolute atomic E-state index is 9.77. The smallest absolute Gasteiger partial charge is 0.147 e.